The number of rotatable bonds is 5. The molecule has 8 nitrogen and oxygen atoms in total. The van der Waals surface area contributed by atoms with E-state index < -0.39 is 18.1 Å². The zero-order valence-electron chi connectivity index (χ0n) is 25.6. The van der Waals surface area contributed by atoms with Crippen molar-refractivity contribution in [1.29, 1.82) is 0 Å². The third-order valence-corrected chi connectivity index (χ3v) is 7.52. The molecule has 1 aliphatic rings. The Hall–Kier alpha value is -4.17. The van der Waals surface area contributed by atoms with Gasteiger partial charge in [0.2, 0.25) is 17.7 Å². The van der Waals surface area contributed by atoms with Crippen LogP contribution in [0.3, 0.4) is 0 Å². The summed E-state index contributed by atoms with van der Waals surface area (Å²) in [5, 5.41) is 14.4. The van der Waals surface area contributed by atoms with Crippen LogP contribution in [0.15, 0.2) is 72.8 Å². The maximum absolute atomic E-state index is 13.8. The fourth-order valence-corrected chi connectivity index (χ4v) is 5.22. The lowest BCUT2D eigenvalue weighted by atomic mass is 9.98. The van der Waals surface area contributed by atoms with E-state index in [2.05, 4.69) is 45.5 Å². The van der Waals surface area contributed by atoms with Gasteiger partial charge in [0.1, 0.15) is 24.4 Å². The summed E-state index contributed by atoms with van der Waals surface area (Å²) in [6, 6.07) is 19.8. The molecule has 0 saturated carbocycles. The molecule has 43 heavy (non-hydrogen) atoms. The van der Waals surface area contributed by atoms with E-state index in [1.54, 1.807) is 0 Å². The quantitative estimate of drug-likeness (QED) is 0.359. The first-order valence-corrected chi connectivity index (χ1v) is 15.2. The lowest BCUT2D eigenvalue weighted by molar-refractivity contribution is -0.133. The predicted octanol–water partition coefficient (Wildman–Crippen LogP) is 4.23. The Morgan fingerprint density at radius 1 is 0.814 bits per heavy atom. The van der Waals surface area contributed by atoms with Crippen molar-refractivity contribution in [2.45, 2.75) is 58.7 Å². The van der Waals surface area contributed by atoms with E-state index >= 15 is 0 Å². The van der Waals surface area contributed by atoms with Gasteiger partial charge in [0, 0.05) is 18.7 Å². The van der Waals surface area contributed by atoms with Gasteiger partial charge in [0.15, 0.2) is 0 Å². The Bertz CT molecular complexity index is 1430. The smallest absolute Gasteiger partial charge is 0.243 e. The summed E-state index contributed by atoms with van der Waals surface area (Å²) in [5.74, 6) is -0.216. The van der Waals surface area contributed by atoms with Gasteiger partial charge in [0.25, 0.3) is 0 Å². The van der Waals surface area contributed by atoms with E-state index in [1.807, 2.05) is 82.3 Å². The molecule has 4 N–H and O–H groups in total. The van der Waals surface area contributed by atoms with E-state index in [0.29, 0.717) is 38.3 Å². The van der Waals surface area contributed by atoms with Crippen LogP contribution in [-0.4, -0.2) is 55.5 Å². The lowest BCUT2D eigenvalue weighted by Crippen LogP contribution is -2.58. The third-order valence-electron chi connectivity index (χ3n) is 7.52. The number of amides is 3. The van der Waals surface area contributed by atoms with Crippen molar-refractivity contribution in [2.75, 3.05) is 19.7 Å². The number of carbonyl (C=O) groups excluding carboxylic acids is 3. The van der Waals surface area contributed by atoms with Crippen molar-refractivity contribution >= 4 is 34.6 Å². The predicted molar refractivity (Wildman–Crippen MR) is 172 cm³/mol. The van der Waals surface area contributed by atoms with Gasteiger partial charge < -0.3 is 26.0 Å². The minimum absolute atomic E-state index is 0.177. The summed E-state index contributed by atoms with van der Waals surface area (Å²) >= 11 is 0. The van der Waals surface area contributed by atoms with Crippen LogP contribution in [0.25, 0.3) is 16.8 Å². The molecule has 0 saturated heterocycles. The highest BCUT2D eigenvalue weighted by Gasteiger charge is 2.31. The molecule has 0 aliphatic carbocycles. The van der Waals surface area contributed by atoms with E-state index in [-0.39, 0.29) is 29.6 Å². The molecule has 3 atom stereocenters. The normalized spacial score (nSPS) is 20.9. The van der Waals surface area contributed by atoms with E-state index in [1.165, 1.54) is 0 Å². The Morgan fingerprint density at radius 2 is 1.56 bits per heavy atom. The molecule has 0 unspecified atom stereocenters. The van der Waals surface area contributed by atoms with Crippen molar-refractivity contribution in [1.82, 2.24) is 21.3 Å². The Kier molecular flexibility index (Phi) is 11.3. The Balaban J connectivity index is 1.62. The largest absolute Gasteiger partial charge is 0.492 e. The summed E-state index contributed by atoms with van der Waals surface area (Å²) in [6.07, 6.45) is 4.68. The fraction of sp³-hybridized carbons (Fsp3) is 0.400. The van der Waals surface area contributed by atoms with Crippen LogP contribution in [-0.2, 0) is 20.8 Å². The molecule has 4 rings (SSSR count). The van der Waals surface area contributed by atoms with Crippen molar-refractivity contribution in [3.63, 3.8) is 0 Å². The topological polar surface area (TPSA) is 109 Å². The summed E-state index contributed by atoms with van der Waals surface area (Å²) in [6.45, 7) is 8.85. The molecule has 3 aromatic rings. The second-order valence-corrected chi connectivity index (χ2v) is 11.8. The van der Waals surface area contributed by atoms with E-state index in [4.69, 9.17) is 4.74 Å². The second kappa shape index (κ2) is 15.3. The highest BCUT2D eigenvalue weighted by Crippen LogP contribution is 2.20. The van der Waals surface area contributed by atoms with Crippen LogP contribution >= 0.6 is 0 Å². The van der Waals surface area contributed by atoms with E-state index in [9.17, 15) is 14.4 Å². The van der Waals surface area contributed by atoms with Crippen LogP contribution < -0.4 is 26.0 Å². The van der Waals surface area contributed by atoms with Crippen LogP contribution in [0.1, 0.15) is 45.2 Å². The van der Waals surface area contributed by atoms with Gasteiger partial charge in [-0.25, -0.2) is 0 Å². The number of para-hydroxylation sites is 1. The van der Waals surface area contributed by atoms with Crippen LogP contribution in [0.2, 0.25) is 0 Å². The molecular formula is C35H44N4O4. The SMILES string of the molecule is CC(C)C[C@@H]1NC(=O)[C@@H](C(C)C)NC(=O)[C@@H](Cc2ccc3ccccc3c2)NCCOc2ccccc2C=CCNC1=O. The molecule has 0 spiro atoms. The molecule has 3 aromatic carbocycles. The minimum atomic E-state index is -0.808. The van der Waals surface area contributed by atoms with E-state index in [0.717, 1.165) is 21.9 Å². The monoisotopic (exact) mass is 584 g/mol. The molecule has 8 heteroatoms. The van der Waals surface area contributed by atoms with Gasteiger partial charge >= 0.3 is 0 Å². The van der Waals surface area contributed by atoms with Gasteiger partial charge in [-0.2, -0.15) is 0 Å². The first kappa shape index (κ1) is 31.8. The minimum Gasteiger partial charge on any atom is -0.492 e. The number of benzene rings is 3. The molecule has 228 valence electrons. The van der Waals surface area contributed by atoms with Gasteiger partial charge in [-0.3, -0.25) is 14.4 Å². The number of nitrogens with one attached hydrogen (secondary N) is 4. The van der Waals surface area contributed by atoms with Crippen molar-refractivity contribution in [3.05, 3.63) is 83.9 Å². The van der Waals surface area contributed by atoms with Crippen LogP contribution in [0.5, 0.6) is 5.75 Å². The molecule has 1 heterocycles. The summed E-state index contributed by atoms with van der Waals surface area (Å²) in [5.41, 5.74) is 1.89. The number of hydrogen-bond donors (Lipinski definition) is 4. The fourth-order valence-electron chi connectivity index (χ4n) is 5.22. The third kappa shape index (κ3) is 9.16. The first-order valence-electron chi connectivity index (χ1n) is 15.2. The van der Waals surface area contributed by atoms with Crippen molar-refractivity contribution in [2.24, 2.45) is 11.8 Å². The maximum Gasteiger partial charge on any atom is 0.243 e. The van der Waals surface area contributed by atoms with Gasteiger partial charge in [-0.05, 0) is 47.1 Å². The highest BCUT2D eigenvalue weighted by atomic mass is 16.5. The van der Waals surface area contributed by atoms with Crippen LogP contribution in [0, 0.1) is 11.8 Å². The van der Waals surface area contributed by atoms with Crippen molar-refractivity contribution < 1.29 is 19.1 Å². The zero-order valence-corrected chi connectivity index (χ0v) is 25.6. The van der Waals surface area contributed by atoms with Gasteiger partial charge in [0.05, 0.1) is 6.04 Å². The van der Waals surface area contributed by atoms with Gasteiger partial charge in [-0.1, -0.05) is 101 Å². The van der Waals surface area contributed by atoms with Crippen molar-refractivity contribution in [3.8, 4) is 5.75 Å². The molecular weight excluding hydrogens is 540 g/mol. The maximum atomic E-state index is 13.8. The summed E-state index contributed by atoms with van der Waals surface area (Å²) in [4.78, 5) is 40.4. The molecule has 0 fully saturated rings. The summed E-state index contributed by atoms with van der Waals surface area (Å²) < 4.78 is 6.09. The molecule has 1 aliphatic heterocycles. The summed E-state index contributed by atoms with van der Waals surface area (Å²) in [7, 11) is 0. The highest BCUT2D eigenvalue weighted by molar-refractivity contribution is 5.93. The number of hydrogen-bond acceptors (Lipinski definition) is 5. The second-order valence-electron chi connectivity index (χ2n) is 11.8. The number of carbonyl (C=O) groups is 3. The molecule has 0 aromatic heterocycles. The first-order chi connectivity index (χ1) is 20.7. The average molecular weight is 585 g/mol. The Labute approximate surface area is 254 Å². The lowest BCUT2D eigenvalue weighted by Gasteiger charge is -2.28. The van der Waals surface area contributed by atoms with Gasteiger partial charge in [-0.15, -0.1) is 0 Å². The van der Waals surface area contributed by atoms with Crippen LogP contribution in [0.4, 0.5) is 0 Å². The zero-order chi connectivity index (χ0) is 30.8. The molecule has 0 bridgehead atoms. The Morgan fingerprint density at radius 3 is 2.33 bits per heavy atom. The molecule has 0 radical (unpaired) electrons. The average Bonchev–Trinajstić information content (AvgIpc) is 2.98. The number of ether oxygens (including phenoxy) is 1. The standard InChI is InChI=1S/C35H44N4O4/c1-23(2)20-30-33(40)37-17-9-13-27-11-7-8-14-31(27)43-19-18-36-29(34(41)39-32(24(3)4)35(42)38-30)22-25-15-16-26-10-5-6-12-28(26)21-25/h5-16,21,23-24,29-30,32,36H,17-20,22H2,1-4H3,(H,37,40)(H,38,42)(H,39,41)/t29-,30+,32-/m1/s1. The number of fused-ring (bicyclic) bond motifs is 2. The molecule has 3 amide bonds.